The summed E-state index contributed by atoms with van der Waals surface area (Å²) in [6.07, 6.45) is 0. The quantitative estimate of drug-likeness (QED) is 0.552. The van der Waals surface area contributed by atoms with Gasteiger partial charge >= 0.3 is 0 Å². The van der Waals surface area contributed by atoms with E-state index in [0.717, 1.165) is 22.2 Å². The molecule has 0 radical (unpaired) electrons. The first-order chi connectivity index (χ1) is 15.9. The number of hydrogen-bond donors (Lipinski definition) is 0. The zero-order valence-electron chi connectivity index (χ0n) is 18.3. The second kappa shape index (κ2) is 8.52. The highest BCUT2D eigenvalue weighted by Crippen LogP contribution is 2.45. The highest BCUT2D eigenvalue weighted by Gasteiger charge is 2.32. The fourth-order valence-electron chi connectivity index (χ4n) is 4.05. The third-order valence-electron chi connectivity index (χ3n) is 5.62. The van der Waals surface area contributed by atoms with Gasteiger partial charge in [0.1, 0.15) is 14.2 Å². The van der Waals surface area contributed by atoms with E-state index >= 15 is 0 Å². The lowest BCUT2D eigenvalue weighted by atomic mass is 10.2. The lowest BCUT2D eigenvalue weighted by molar-refractivity contribution is -0.112. The van der Waals surface area contributed by atoms with Crippen molar-refractivity contribution in [2.24, 2.45) is 5.10 Å². The van der Waals surface area contributed by atoms with E-state index in [4.69, 9.17) is 11.6 Å². The van der Waals surface area contributed by atoms with Crippen molar-refractivity contribution < 1.29 is 4.79 Å². The number of hydrogen-bond acceptors (Lipinski definition) is 6. The topological polar surface area (TPSA) is 57.9 Å². The van der Waals surface area contributed by atoms with E-state index in [1.165, 1.54) is 16.3 Å². The number of rotatable bonds is 3. The van der Waals surface area contributed by atoms with Gasteiger partial charge in [0.05, 0.1) is 22.7 Å². The molecule has 0 N–H and O–H groups in total. The summed E-state index contributed by atoms with van der Waals surface area (Å²) < 4.78 is 2.97. The lowest BCUT2D eigenvalue weighted by Crippen LogP contribution is -2.35. The normalized spacial score (nSPS) is 18.8. The number of benzene rings is 2. The Morgan fingerprint density at radius 3 is 2.42 bits per heavy atom. The molecule has 33 heavy (non-hydrogen) atoms. The predicted octanol–water partition coefficient (Wildman–Crippen LogP) is 3.85. The van der Waals surface area contributed by atoms with E-state index in [1.54, 1.807) is 47.5 Å². The molecular weight excluding hydrogens is 476 g/mol. The molecule has 0 saturated heterocycles. The van der Waals surface area contributed by atoms with Crippen LogP contribution < -0.4 is 24.7 Å². The van der Waals surface area contributed by atoms with Crippen molar-refractivity contribution in [1.29, 1.82) is 0 Å². The number of hydrazone groups is 1. The molecule has 0 unspecified atom stereocenters. The maximum atomic E-state index is 13.5. The average molecular weight is 497 g/mol. The largest absolute Gasteiger partial charge is 0.334 e. The predicted molar refractivity (Wildman–Crippen MR) is 138 cm³/mol. The number of thioether (sulfide) groups is 1. The van der Waals surface area contributed by atoms with Crippen LogP contribution in [0.5, 0.6) is 0 Å². The number of halogens is 1. The Labute approximate surface area is 204 Å². The van der Waals surface area contributed by atoms with Crippen molar-refractivity contribution in [1.82, 2.24) is 4.57 Å². The van der Waals surface area contributed by atoms with Crippen LogP contribution >= 0.6 is 34.7 Å². The van der Waals surface area contributed by atoms with E-state index in [9.17, 15) is 9.59 Å². The van der Waals surface area contributed by atoms with Crippen molar-refractivity contribution in [3.8, 4) is 0 Å². The summed E-state index contributed by atoms with van der Waals surface area (Å²) in [5, 5.41) is 7.37. The Bertz CT molecular complexity index is 1490. The molecule has 2 aliphatic rings. The molecule has 9 heteroatoms. The fourth-order valence-corrected chi connectivity index (χ4v) is 6.83. The summed E-state index contributed by atoms with van der Waals surface area (Å²) in [4.78, 5) is 30.2. The molecule has 2 aromatic carbocycles. The van der Waals surface area contributed by atoms with Gasteiger partial charge in [-0.05, 0) is 57.2 Å². The molecule has 3 heterocycles. The van der Waals surface area contributed by atoms with Crippen molar-refractivity contribution >= 4 is 68.3 Å². The molecule has 0 fully saturated rings. The van der Waals surface area contributed by atoms with Crippen LogP contribution in [-0.4, -0.2) is 22.7 Å². The maximum absolute atomic E-state index is 13.5. The molecule has 0 bridgehead atoms. The van der Waals surface area contributed by atoms with Gasteiger partial charge in [-0.15, -0.1) is 11.3 Å². The maximum Gasteiger partial charge on any atom is 0.283 e. The molecular formula is C24H21ClN4O2S2. The average Bonchev–Trinajstić information content (AvgIpc) is 3.44. The number of aromatic nitrogens is 1. The Morgan fingerprint density at radius 1 is 1.00 bits per heavy atom. The number of fused-ring (bicyclic) bond motifs is 1. The van der Waals surface area contributed by atoms with Crippen LogP contribution in [0.25, 0.3) is 10.6 Å². The van der Waals surface area contributed by atoms with Crippen molar-refractivity contribution in [2.75, 3.05) is 16.5 Å². The molecule has 1 amide bonds. The van der Waals surface area contributed by atoms with E-state index in [-0.39, 0.29) is 11.5 Å². The molecule has 0 spiro atoms. The van der Waals surface area contributed by atoms with Crippen LogP contribution in [0.1, 0.15) is 20.8 Å². The molecule has 0 aliphatic carbocycles. The Kier molecular flexibility index (Phi) is 5.68. The van der Waals surface area contributed by atoms with Crippen LogP contribution in [0.2, 0.25) is 5.02 Å². The number of nitrogens with zero attached hydrogens (tertiary/aromatic N) is 4. The first-order valence-electron chi connectivity index (χ1n) is 10.6. The molecule has 168 valence electrons. The van der Waals surface area contributed by atoms with Crippen molar-refractivity contribution in [2.45, 2.75) is 32.2 Å². The number of anilines is 2. The summed E-state index contributed by atoms with van der Waals surface area (Å²) in [5.74, 6) is -0.246. The molecule has 0 atom stereocenters. The summed E-state index contributed by atoms with van der Waals surface area (Å²) in [7, 11) is 0. The molecule has 2 aliphatic heterocycles. The molecule has 3 aromatic rings. The first-order valence-corrected chi connectivity index (χ1v) is 12.6. The minimum atomic E-state index is -0.246. The second-order valence-corrected chi connectivity index (χ2v) is 10.0. The van der Waals surface area contributed by atoms with Gasteiger partial charge in [0.25, 0.3) is 11.5 Å². The minimum Gasteiger partial charge on any atom is -0.334 e. The summed E-state index contributed by atoms with van der Waals surface area (Å²) >= 11 is 8.97. The van der Waals surface area contributed by atoms with Gasteiger partial charge < -0.3 is 4.90 Å². The second-order valence-electron chi connectivity index (χ2n) is 7.56. The Balaban J connectivity index is 1.72. The highest BCUT2D eigenvalue weighted by molar-refractivity contribution is 8.08. The van der Waals surface area contributed by atoms with Crippen LogP contribution in [0.15, 0.2) is 63.3 Å². The van der Waals surface area contributed by atoms with Crippen LogP contribution in [0.4, 0.5) is 11.4 Å². The number of amides is 1. The molecule has 5 rings (SSSR count). The van der Waals surface area contributed by atoms with E-state index < -0.39 is 0 Å². The number of carbonyl (C=O) groups is 1. The van der Waals surface area contributed by atoms with Gasteiger partial charge in [0.2, 0.25) is 0 Å². The monoisotopic (exact) mass is 496 g/mol. The lowest BCUT2D eigenvalue weighted by Gasteiger charge is -2.16. The number of thiazole rings is 1. The van der Waals surface area contributed by atoms with Crippen LogP contribution in [0.3, 0.4) is 0 Å². The van der Waals surface area contributed by atoms with Gasteiger partial charge in [-0.1, -0.05) is 35.5 Å². The van der Waals surface area contributed by atoms with E-state index in [2.05, 4.69) is 29.1 Å². The Morgan fingerprint density at radius 2 is 1.73 bits per heavy atom. The van der Waals surface area contributed by atoms with Gasteiger partial charge in [-0.25, -0.2) is 0 Å². The van der Waals surface area contributed by atoms with Crippen LogP contribution in [0, 0.1) is 0 Å². The van der Waals surface area contributed by atoms with Crippen LogP contribution in [-0.2, 0) is 11.3 Å². The van der Waals surface area contributed by atoms with Crippen molar-refractivity contribution in [3.63, 3.8) is 0 Å². The van der Waals surface area contributed by atoms with Gasteiger partial charge in [0, 0.05) is 23.0 Å². The van der Waals surface area contributed by atoms with Gasteiger partial charge in [0.15, 0.2) is 0 Å². The number of carbonyl (C=O) groups excluding carboxylic acids is 1. The molecule has 1 aromatic heterocycles. The summed E-state index contributed by atoms with van der Waals surface area (Å²) in [6, 6.07) is 15.1. The smallest absolute Gasteiger partial charge is 0.283 e. The highest BCUT2D eigenvalue weighted by atomic mass is 35.5. The third-order valence-corrected chi connectivity index (χ3v) is 8.38. The number of para-hydroxylation sites is 1. The molecule has 0 saturated carbocycles. The standard InChI is InChI=1S/C24H21ClN4O2S2/c1-4-27-17-8-6-7-9-18(17)32-24(27)20-22(31)28(5-2)23(33-20)19-14(3)26-29(21(19)30)16-12-10-15(25)11-13-16/h6-13H,4-5H2,1-3H3/b23-19+,24-20-. The SMILES string of the molecule is CCN1/C(=c2/s/c(=C3/C(=O)N(c4ccc(Cl)cc4)N=C3C)n(CC)c2=O)Sc2ccccc21. The zero-order chi connectivity index (χ0) is 23.3. The minimum absolute atomic E-state index is 0.0794. The van der Waals surface area contributed by atoms with E-state index in [1.807, 2.05) is 19.1 Å². The Hall–Kier alpha value is -2.81. The summed E-state index contributed by atoms with van der Waals surface area (Å²) in [5.41, 5.74) is 2.71. The van der Waals surface area contributed by atoms with E-state index in [0.29, 0.717) is 37.7 Å². The van der Waals surface area contributed by atoms with Gasteiger partial charge in [-0.2, -0.15) is 10.1 Å². The zero-order valence-corrected chi connectivity index (χ0v) is 20.7. The van der Waals surface area contributed by atoms with Crippen molar-refractivity contribution in [3.05, 3.63) is 73.1 Å². The summed E-state index contributed by atoms with van der Waals surface area (Å²) in [6.45, 7) is 7.01. The third kappa shape index (κ3) is 3.53. The fraction of sp³-hybridized carbons (Fsp3) is 0.208. The first kappa shape index (κ1) is 22.0. The van der Waals surface area contributed by atoms with Gasteiger partial charge in [-0.3, -0.25) is 14.2 Å². The molecule has 6 nitrogen and oxygen atoms in total.